The highest BCUT2D eigenvalue weighted by Gasteiger charge is 2.63. The van der Waals surface area contributed by atoms with Crippen molar-refractivity contribution in [2.45, 2.75) is 199 Å². The Labute approximate surface area is 336 Å². The maximum atomic E-state index is 14.6. The summed E-state index contributed by atoms with van der Waals surface area (Å²) in [7, 11) is 0. The van der Waals surface area contributed by atoms with Gasteiger partial charge < -0.3 is 39.0 Å². The smallest absolute Gasteiger partial charge is 0.309 e. The number of carboxylic acid groups (broad SMARTS) is 1. The first-order valence-electron chi connectivity index (χ1n) is 21.8. The summed E-state index contributed by atoms with van der Waals surface area (Å²) in [5.41, 5.74) is -1.55. The first-order chi connectivity index (χ1) is 26.3. The van der Waals surface area contributed by atoms with Gasteiger partial charge in [0.1, 0.15) is 5.78 Å². The molecule has 5 aliphatic rings. The number of nitrogens with one attached hydrogen (secondary N) is 1. The minimum absolute atomic E-state index is 0.0326. The molecule has 0 aromatic carbocycles. The van der Waals surface area contributed by atoms with Crippen LogP contribution in [0.5, 0.6) is 0 Å². The maximum absolute atomic E-state index is 14.6. The number of carboxylic acids is 1. The highest BCUT2D eigenvalue weighted by Crippen LogP contribution is 2.54. The molecule has 5 rings (SSSR count). The summed E-state index contributed by atoms with van der Waals surface area (Å²) >= 11 is 0. The molecule has 18 atom stereocenters. The van der Waals surface area contributed by atoms with E-state index in [1.165, 1.54) is 0 Å². The van der Waals surface area contributed by atoms with Crippen LogP contribution in [0.2, 0.25) is 0 Å². The van der Waals surface area contributed by atoms with Gasteiger partial charge in [-0.25, -0.2) is 0 Å². The normalized spacial score (nSPS) is 44.2. The standard InChI is InChI=1S/C45H73NO10/c1-12-24-46-35-18-21-44(56-45(35)23-22-42(11,55-45)36-19-20-43(51,15-4)31(10)52-36)28(7)25-27(6)40(54-44)33(14-3)38(48)29(8)37(47)30(9)39-26(5)16-17-34(53-39)32(13-2)41(49)50/h1,18,21,26-37,39-40,46-47,51H,13-17,19-20,22-25H2,2-11H3,(H,49,50)/t26-,27-,28+,29-,30-,31-,32?,33-,34+,35+,36+,37+,39?,40-,42-,43+,44-,45-/m0/s1. The average molecular weight is 788 g/mol. The molecule has 11 nitrogen and oxygen atoms in total. The van der Waals surface area contributed by atoms with Gasteiger partial charge in [0.2, 0.25) is 0 Å². The van der Waals surface area contributed by atoms with Crippen molar-refractivity contribution in [3.63, 3.8) is 0 Å². The summed E-state index contributed by atoms with van der Waals surface area (Å²) in [6, 6.07) is -0.361. The van der Waals surface area contributed by atoms with Gasteiger partial charge in [-0.1, -0.05) is 67.4 Å². The number of carbonyl (C=O) groups excluding carboxylic acids is 1. The Morgan fingerprint density at radius 3 is 2.25 bits per heavy atom. The number of terminal acetylenes is 1. The van der Waals surface area contributed by atoms with Gasteiger partial charge in [-0.3, -0.25) is 14.9 Å². The van der Waals surface area contributed by atoms with Gasteiger partial charge >= 0.3 is 5.97 Å². The summed E-state index contributed by atoms with van der Waals surface area (Å²) in [6.07, 6.45) is 13.2. The number of ether oxygens (including phenoxy) is 5. The van der Waals surface area contributed by atoms with E-state index in [4.69, 9.17) is 30.1 Å². The molecule has 0 aliphatic carbocycles. The predicted molar refractivity (Wildman–Crippen MR) is 213 cm³/mol. The van der Waals surface area contributed by atoms with Gasteiger partial charge in [-0.05, 0) is 89.5 Å². The molecular formula is C45H73NO10. The van der Waals surface area contributed by atoms with E-state index in [2.05, 4.69) is 45.0 Å². The van der Waals surface area contributed by atoms with Gasteiger partial charge in [-0.2, -0.15) is 0 Å². The Kier molecular flexibility index (Phi) is 14.3. The van der Waals surface area contributed by atoms with Gasteiger partial charge in [-0.15, -0.1) is 6.42 Å². The van der Waals surface area contributed by atoms with Crippen LogP contribution in [0.15, 0.2) is 12.2 Å². The quantitative estimate of drug-likeness (QED) is 0.114. The lowest BCUT2D eigenvalue weighted by molar-refractivity contribution is -0.398. The fourth-order valence-electron chi connectivity index (χ4n) is 10.9. The average Bonchev–Trinajstić information content (AvgIpc) is 3.51. The topological polar surface area (TPSA) is 153 Å². The van der Waals surface area contributed by atoms with Crippen LogP contribution >= 0.6 is 0 Å². The zero-order valence-electron chi connectivity index (χ0n) is 35.8. The van der Waals surface area contributed by atoms with Crippen LogP contribution in [0.1, 0.15) is 133 Å². The van der Waals surface area contributed by atoms with Gasteiger partial charge in [0.05, 0.1) is 66.3 Å². The molecule has 0 radical (unpaired) electrons. The van der Waals surface area contributed by atoms with Crippen LogP contribution in [0.3, 0.4) is 0 Å². The van der Waals surface area contributed by atoms with E-state index < -0.39 is 64.8 Å². The molecule has 0 bridgehead atoms. The molecule has 0 amide bonds. The molecule has 11 heteroatoms. The molecule has 0 aromatic heterocycles. The Bertz CT molecular complexity index is 1450. The van der Waals surface area contributed by atoms with Gasteiger partial charge in [0.25, 0.3) is 0 Å². The van der Waals surface area contributed by atoms with Gasteiger partial charge in [0, 0.05) is 30.1 Å². The lowest BCUT2D eigenvalue weighted by atomic mass is 9.72. The summed E-state index contributed by atoms with van der Waals surface area (Å²) in [4.78, 5) is 26.5. The SMILES string of the molecule is C#CCN[C@@H]1C=C[C@]2(O[C@H]([C@@H](CC)C(=O)[C@@H](C)[C@@H](O)[C@H](C)C3O[C@@H](C(CC)C(=O)O)CC[C@@H]3C)[C@@H](C)C[C@H]2C)O[C@@]12CC[C@@](C)([C@H]1CC[C@](O)(CC)[C@H](C)O1)O2. The minimum Gasteiger partial charge on any atom is -0.481 e. The zero-order valence-corrected chi connectivity index (χ0v) is 35.8. The second-order valence-electron chi connectivity index (χ2n) is 18.5. The van der Waals surface area contributed by atoms with E-state index in [1.807, 2.05) is 40.7 Å². The van der Waals surface area contributed by atoms with E-state index in [-0.39, 0.29) is 53.8 Å². The number of rotatable bonds is 14. The van der Waals surface area contributed by atoms with Crippen molar-refractivity contribution < 1.29 is 48.6 Å². The monoisotopic (exact) mass is 788 g/mol. The number of hydrogen-bond donors (Lipinski definition) is 4. The number of aliphatic hydroxyl groups excluding tert-OH is 1. The van der Waals surface area contributed by atoms with Crippen molar-refractivity contribution in [2.24, 2.45) is 41.4 Å². The minimum atomic E-state index is -1.18. The third kappa shape index (κ3) is 8.56. The van der Waals surface area contributed by atoms with Crippen molar-refractivity contribution in [2.75, 3.05) is 6.54 Å². The van der Waals surface area contributed by atoms with E-state index >= 15 is 0 Å². The molecule has 56 heavy (non-hydrogen) atoms. The van der Waals surface area contributed by atoms with Crippen LogP contribution in [-0.4, -0.2) is 99.1 Å². The molecule has 4 fully saturated rings. The van der Waals surface area contributed by atoms with Crippen LogP contribution in [0, 0.1) is 53.8 Å². The second-order valence-corrected chi connectivity index (χ2v) is 18.5. The Morgan fingerprint density at radius 2 is 1.64 bits per heavy atom. The largest absolute Gasteiger partial charge is 0.481 e. The van der Waals surface area contributed by atoms with Crippen LogP contribution in [0.25, 0.3) is 0 Å². The number of aliphatic hydroxyl groups is 2. The molecule has 4 saturated heterocycles. The van der Waals surface area contributed by atoms with E-state index in [0.29, 0.717) is 57.9 Å². The first kappa shape index (κ1) is 45.2. The van der Waals surface area contributed by atoms with Crippen LogP contribution in [-0.2, 0) is 33.3 Å². The number of hydrogen-bond acceptors (Lipinski definition) is 10. The van der Waals surface area contributed by atoms with E-state index in [1.54, 1.807) is 6.92 Å². The number of ketones is 1. The molecule has 2 unspecified atom stereocenters. The lowest BCUT2D eigenvalue weighted by Gasteiger charge is -2.55. The fourth-order valence-corrected chi connectivity index (χ4v) is 10.9. The zero-order chi connectivity index (χ0) is 41.4. The number of aliphatic carboxylic acids is 1. The third-order valence-electron chi connectivity index (χ3n) is 14.9. The second kappa shape index (κ2) is 17.8. The summed E-state index contributed by atoms with van der Waals surface area (Å²) in [5.74, 6) is -2.65. The number of Topliss-reactive ketones (excluding diaryl/α,β-unsaturated/α-hetero) is 1. The predicted octanol–water partition coefficient (Wildman–Crippen LogP) is 6.42. The maximum Gasteiger partial charge on any atom is 0.309 e. The van der Waals surface area contributed by atoms with Crippen molar-refractivity contribution in [1.29, 1.82) is 0 Å². The molecule has 5 heterocycles. The summed E-state index contributed by atoms with van der Waals surface area (Å²) in [6.45, 7) is 20.2. The van der Waals surface area contributed by atoms with Crippen molar-refractivity contribution in [3.8, 4) is 12.3 Å². The van der Waals surface area contributed by atoms with Crippen LogP contribution in [0.4, 0.5) is 0 Å². The summed E-state index contributed by atoms with van der Waals surface area (Å²) < 4.78 is 34.4. The number of carbonyl (C=O) groups is 2. The first-order valence-corrected chi connectivity index (χ1v) is 21.8. The summed E-state index contributed by atoms with van der Waals surface area (Å²) in [5, 5.41) is 36.2. The highest BCUT2D eigenvalue weighted by molar-refractivity contribution is 5.84. The van der Waals surface area contributed by atoms with E-state index in [9.17, 15) is 24.9 Å². The molecule has 318 valence electrons. The molecule has 4 N–H and O–H groups in total. The fraction of sp³-hybridized carbons (Fsp3) is 0.867. The van der Waals surface area contributed by atoms with Crippen LogP contribution < -0.4 is 5.32 Å². The molecular weight excluding hydrogens is 714 g/mol. The Balaban J connectivity index is 1.36. The Morgan fingerprint density at radius 1 is 0.946 bits per heavy atom. The third-order valence-corrected chi connectivity index (χ3v) is 14.9. The lowest BCUT2D eigenvalue weighted by Crippen LogP contribution is -2.65. The van der Waals surface area contributed by atoms with Gasteiger partial charge in [0.15, 0.2) is 11.6 Å². The van der Waals surface area contributed by atoms with Crippen molar-refractivity contribution >= 4 is 11.8 Å². The van der Waals surface area contributed by atoms with Crippen molar-refractivity contribution in [3.05, 3.63) is 12.2 Å². The van der Waals surface area contributed by atoms with E-state index in [0.717, 1.165) is 12.8 Å². The molecule has 5 aliphatic heterocycles. The Hall–Kier alpha value is -1.88. The van der Waals surface area contributed by atoms with Crippen molar-refractivity contribution in [1.82, 2.24) is 5.32 Å². The molecule has 0 aromatic rings. The highest BCUT2D eigenvalue weighted by atomic mass is 16.8. The molecule has 0 saturated carbocycles. The molecule has 2 spiro atoms.